The van der Waals surface area contributed by atoms with Gasteiger partial charge in [0.2, 0.25) is 29.7 Å². The van der Waals surface area contributed by atoms with Crippen LogP contribution in [0.1, 0.15) is 63.2 Å². The van der Waals surface area contributed by atoms with Crippen molar-refractivity contribution < 1.29 is 62.6 Å². The van der Waals surface area contributed by atoms with E-state index in [1.807, 2.05) is 106 Å². The molecule has 6 aliphatic rings. The highest BCUT2D eigenvalue weighted by atomic mass is 32.2. The van der Waals surface area contributed by atoms with Gasteiger partial charge in [0.25, 0.3) is 0 Å². The Labute approximate surface area is 845 Å². The number of hydrogen-bond acceptors (Lipinski definition) is 36. The number of halogens is 3. The molecule has 0 unspecified atom stereocenters. The Kier molecular flexibility index (Phi) is 31.0. The van der Waals surface area contributed by atoms with Crippen LogP contribution in [0, 0.1) is 52.1 Å². The van der Waals surface area contributed by atoms with Crippen LogP contribution in [0.25, 0.3) is 84.9 Å². The third kappa shape index (κ3) is 24.8. The lowest BCUT2D eigenvalue weighted by molar-refractivity contribution is 0.0431. The summed E-state index contributed by atoms with van der Waals surface area (Å²) in [5, 5.41) is -0.0764. The molecule has 21 rings (SSSR count). The van der Waals surface area contributed by atoms with Gasteiger partial charge in [-0.2, -0.15) is 71.7 Å². The second-order valence-corrected chi connectivity index (χ2v) is 50.5. The highest BCUT2D eigenvalue weighted by Gasteiger charge is 2.33. The molecule has 6 aliphatic heterocycles. The van der Waals surface area contributed by atoms with E-state index in [0.29, 0.717) is 220 Å². The molecule has 16 heterocycles. The summed E-state index contributed by atoms with van der Waals surface area (Å²) in [5.41, 5.74) is 8.87. The summed E-state index contributed by atoms with van der Waals surface area (Å²) < 4.78 is 168. The maximum absolute atomic E-state index is 14.2. The number of anilines is 5. The molecule has 6 saturated heterocycles. The number of imidazole rings is 5. The van der Waals surface area contributed by atoms with E-state index in [9.17, 15) is 34.2 Å². The van der Waals surface area contributed by atoms with Crippen LogP contribution < -0.4 is 24.5 Å². The fourth-order valence-electron chi connectivity index (χ4n) is 17.3. The van der Waals surface area contributed by atoms with Gasteiger partial charge in [-0.3, -0.25) is 22.8 Å². The lowest BCUT2D eigenvalue weighted by Crippen LogP contribution is -2.44. The molecule has 0 spiro atoms. The molecule has 0 radical (unpaired) electrons. The fraction of sp³-hybridized carbons (Fsp3) is 0.433. The minimum atomic E-state index is -2.48. The quantitative estimate of drug-likeness (QED) is 0.0867. The Morgan fingerprint density at radius 3 is 1.02 bits per heavy atom. The van der Waals surface area contributed by atoms with Gasteiger partial charge in [0.15, 0.2) is 29.1 Å². The highest BCUT2D eigenvalue weighted by Crippen LogP contribution is 2.36. The third-order valence-corrected chi connectivity index (χ3v) is 28.9. The Balaban J connectivity index is 0.000000125. The van der Waals surface area contributed by atoms with Crippen LogP contribution in [0.2, 0.25) is 0 Å². The Morgan fingerprint density at radius 2 is 0.637 bits per heavy atom. The first-order valence-corrected chi connectivity index (χ1v) is 58.6. The van der Waals surface area contributed by atoms with Crippen molar-refractivity contribution in [1.82, 2.24) is 97.6 Å². The molecular formula is C97H119F3N30O11S5. The number of hydrogen-bond donors (Lipinski definition) is 0. The molecule has 6 fully saturated rings. The van der Waals surface area contributed by atoms with Gasteiger partial charge in [0.05, 0.1) is 180 Å². The summed E-state index contributed by atoms with van der Waals surface area (Å²) in [6.45, 7) is 30.2. The van der Waals surface area contributed by atoms with Gasteiger partial charge in [-0.15, -0.1) is 0 Å². The number of aromatic nitrogens is 20. The summed E-state index contributed by atoms with van der Waals surface area (Å²) in [5.74, 6) is 8.22. The van der Waals surface area contributed by atoms with Crippen LogP contribution in [0.5, 0.6) is 0 Å². The van der Waals surface area contributed by atoms with Crippen molar-refractivity contribution in [3.63, 3.8) is 0 Å². The molecule has 6 atom stereocenters. The average molecular weight is 2100 g/mol. The number of benzene rings is 5. The Bertz CT molecular complexity index is 8140. The van der Waals surface area contributed by atoms with E-state index >= 15 is 0 Å². The first-order valence-electron chi connectivity index (χ1n) is 47.3. The van der Waals surface area contributed by atoms with Crippen LogP contribution in [0.3, 0.4) is 0 Å². The predicted octanol–water partition coefficient (Wildman–Crippen LogP) is 13.7. The van der Waals surface area contributed by atoms with Gasteiger partial charge in [-0.05, 0) is 135 Å². The monoisotopic (exact) mass is 2100 g/mol. The highest BCUT2D eigenvalue weighted by molar-refractivity contribution is 7.94. The number of rotatable bonds is 16. The molecular weight excluding hydrogens is 1980 g/mol. The summed E-state index contributed by atoms with van der Waals surface area (Å²) in [4.78, 5) is 79.7. The zero-order chi connectivity index (χ0) is 104. The molecule has 41 nitrogen and oxygen atoms in total. The number of fused-ring (bicyclic) bond motifs is 5. The van der Waals surface area contributed by atoms with Crippen LogP contribution in [0.4, 0.5) is 71.3 Å². The van der Waals surface area contributed by atoms with Gasteiger partial charge >= 0.3 is 0 Å². The lowest BCUT2D eigenvalue weighted by Gasteiger charge is -2.34. The molecule has 5 aromatic carbocycles. The molecule has 0 N–H and O–H groups in total. The maximum atomic E-state index is 14.2. The SMILES string of the molecule is C[C@@H]1COCCN1c1cc(N=S(C)(C)=O)nc(-n2cnc3ccc(F)cc32)n1.Cc1cc2ncn(-c3nc(N=S(C)(C)=O)cc(N4CCOC[C@H]4C)n3)c2cc1F.Cc1ccc2c(c1)nc(C)n2-c1nc(N=S(C)(C)=O)cc(N2CCOC[C@H]2C)n1.Cc1nc2ccc(F)cc2n1-c1nc(N=S(C)(C)=O)cc(N2CCOC[C@H]2C)n1.Cc1nc2ccccc2n1-c1nc(N=[S@](C)(=O)C2COC2)cc(N2CCOC[C@H]2C)n1. The molecule has 774 valence electrons. The first-order chi connectivity index (χ1) is 69.3. The topological polar surface area (TPSA) is 437 Å². The van der Waals surface area contributed by atoms with Crippen molar-refractivity contribution in [3.8, 4) is 29.7 Å². The normalized spacial score (nSPS) is 18.6. The van der Waals surface area contributed by atoms with Gasteiger partial charge < -0.3 is 52.9 Å². The van der Waals surface area contributed by atoms with Crippen molar-refractivity contribution >= 4 is 162 Å². The van der Waals surface area contributed by atoms with E-state index in [0.717, 1.165) is 64.0 Å². The largest absolute Gasteiger partial charge is 0.379 e. The fourth-order valence-corrected chi connectivity index (χ4v) is 20.8. The number of ether oxygens (including phenoxy) is 6. The molecule has 0 aliphatic carbocycles. The molecule has 146 heavy (non-hydrogen) atoms. The van der Waals surface area contributed by atoms with Crippen molar-refractivity contribution in [2.24, 2.45) is 21.8 Å². The maximum Gasteiger partial charge on any atom is 0.239 e. The van der Waals surface area contributed by atoms with Crippen molar-refractivity contribution in [2.45, 2.75) is 105 Å². The number of para-hydroxylation sites is 2. The summed E-state index contributed by atoms with van der Waals surface area (Å²) >= 11 is 0. The van der Waals surface area contributed by atoms with Gasteiger partial charge in [-0.1, -0.05) is 18.2 Å². The van der Waals surface area contributed by atoms with E-state index < -0.39 is 48.6 Å². The number of aryl methyl sites for hydroxylation is 5. The zero-order valence-corrected chi connectivity index (χ0v) is 88.9. The Morgan fingerprint density at radius 1 is 0.308 bits per heavy atom. The van der Waals surface area contributed by atoms with Gasteiger partial charge in [-0.25, -0.2) is 59.1 Å². The van der Waals surface area contributed by atoms with Crippen LogP contribution in [0.15, 0.2) is 156 Å². The van der Waals surface area contributed by atoms with E-state index in [-0.39, 0.29) is 52.9 Å². The Hall–Kier alpha value is -12.9. The molecule has 49 heteroatoms. The second kappa shape index (κ2) is 43.3. The molecule has 0 amide bonds. The second-order valence-electron chi connectivity index (χ2n) is 37.8. The van der Waals surface area contributed by atoms with Crippen molar-refractivity contribution in [2.75, 3.05) is 193 Å². The van der Waals surface area contributed by atoms with Crippen LogP contribution >= 0.6 is 0 Å². The molecule has 0 bridgehead atoms. The average Bonchev–Trinajstić information content (AvgIpc) is 1.63. The third-order valence-electron chi connectivity index (χ3n) is 24.4. The first kappa shape index (κ1) is 105. The molecule has 0 saturated carbocycles. The standard InChI is InChI=1S/C21H26N6O3S.C20H26N6O2S.2C19H23FN6O2S.C18H21FN6O2S/c1-14-11-29-9-8-26(14)20-10-19(25-31(3,28)16-12-30-13-16)23-21(24-20)27-15(2)22-17-6-4-5-7-18(17)27;1-13-6-7-17-16(10-13)21-15(3)26(17)20-22-18(24-29(4,5)27)11-19(23-20)25-8-9-28-12-14(25)2;1-12-7-15-16(8-14(12)20)26(11-21-15)19-22-17(24-29(3,4)27)9-18(23-19)25-5-6-28-10-13(25)2;1-12-11-28-8-7-25(12)18-10-17(24-29(3,4)27)22-19(23-18)26-13(2)21-15-6-5-14(20)9-16(15)26;1-12-10-27-7-6-24(12)17-9-16(23-28(2,3)26)21-18(22-17)25-11-20-14-5-4-13(19)8-15(14)25/h4-7,10,14,16H,8-9,11-13H2,1-3H3;6-7,10-11,14H,8-9,12H2,1-5H3;7-9,11,13H,5-6,10H2,1-4H3;5-6,9-10,12H,7-8,11H2,1-4H3;4-5,8-9,11-12H,6-7,10H2,1-3H3/t14-,31-;14-;13-;2*12-/m11111/s1. The zero-order valence-electron chi connectivity index (χ0n) is 84.8. The smallest absolute Gasteiger partial charge is 0.239 e. The summed E-state index contributed by atoms with van der Waals surface area (Å²) in [6.07, 6.45) is 17.3. The van der Waals surface area contributed by atoms with Gasteiger partial charge in [0, 0.05) is 176 Å². The molecule has 15 aromatic rings. The van der Waals surface area contributed by atoms with E-state index in [1.54, 1.807) is 132 Å². The predicted molar refractivity (Wildman–Crippen MR) is 564 cm³/mol. The van der Waals surface area contributed by atoms with Crippen LogP contribution in [-0.4, -0.2) is 322 Å². The number of nitrogens with zero attached hydrogens (tertiary/aromatic N) is 30. The van der Waals surface area contributed by atoms with E-state index in [1.165, 1.54) is 30.3 Å². The molecule has 10 aromatic heterocycles. The number of morpholine rings is 5. The minimum Gasteiger partial charge on any atom is -0.379 e. The minimum absolute atomic E-state index is 0.0764. The summed E-state index contributed by atoms with van der Waals surface area (Å²) in [7, 11) is -12.1. The van der Waals surface area contributed by atoms with E-state index in [2.05, 4.69) is 115 Å². The van der Waals surface area contributed by atoms with Gasteiger partial charge in [0.1, 0.15) is 76.7 Å². The lowest BCUT2D eigenvalue weighted by atomic mass is 10.2. The van der Waals surface area contributed by atoms with Crippen LogP contribution in [-0.2, 0) is 77.1 Å². The van der Waals surface area contributed by atoms with E-state index in [4.69, 9.17) is 48.4 Å². The van der Waals surface area contributed by atoms with Crippen molar-refractivity contribution in [3.05, 3.63) is 180 Å². The summed E-state index contributed by atoms with van der Waals surface area (Å²) in [6, 6.07) is 35.3. The van der Waals surface area contributed by atoms with Crippen molar-refractivity contribution in [1.29, 1.82) is 0 Å².